The summed E-state index contributed by atoms with van der Waals surface area (Å²) in [7, 11) is -2.00. The Morgan fingerprint density at radius 2 is 1.90 bits per heavy atom. The second-order valence-electron chi connectivity index (χ2n) is 6.87. The minimum absolute atomic E-state index is 0.168. The molecule has 3 aromatic rings. The zero-order valence-electron chi connectivity index (χ0n) is 17.1. The Labute approximate surface area is 180 Å². The molecule has 1 heterocycles. The van der Waals surface area contributed by atoms with Gasteiger partial charge in [-0.2, -0.15) is 4.99 Å². The highest BCUT2D eigenvalue weighted by molar-refractivity contribution is 7.89. The van der Waals surface area contributed by atoms with Crippen molar-refractivity contribution in [1.29, 1.82) is 0 Å². The number of para-hydroxylation sites is 1. The summed E-state index contributed by atoms with van der Waals surface area (Å²) in [6, 6.07) is 13.8. The van der Waals surface area contributed by atoms with Crippen LogP contribution in [0.25, 0.3) is 10.2 Å². The zero-order chi connectivity index (χ0) is 21.7. The Morgan fingerprint density at radius 3 is 2.57 bits per heavy atom. The first-order chi connectivity index (χ1) is 14.4. The fourth-order valence-electron chi connectivity index (χ4n) is 3.01. The maximum absolute atomic E-state index is 12.7. The van der Waals surface area contributed by atoms with Gasteiger partial charge in [-0.05, 0) is 42.8 Å². The van der Waals surface area contributed by atoms with Gasteiger partial charge in [-0.1, -0.05) is 42.9 Å². The molecule has 2 aromatic carbocycles. The van der Waals surface area contributed by atoms with Crippen LogP contribution in [0.4, 0.5) is 0 Å². The van der Waals surface area contributed by atoms with Gasteiger partial charge in [0.25, 0.3) is 5.91 Å². The Morgan fingerprint density at radius 1 is 1.20 bits per heavy atom. The molecule has 3 rings (SSSR count). The van der Waals surface area contributed by atoms with Crippen LogP contribution in [0.2, 0.25) is 0 Å². The molecule has 0 fully saturated rings. The molecule has 0 aliphatic carbocycles. The standard InChI is InChI=1S/C22H25N3O3S2/c1-4-6-16-24(3)30(27,28)18-13-11-17(12-14-18)21(26)23-22-25(15-5-2)19-9-7-8-10-20(19)29-22/h5,7-14H,2,4,6,15-16H2,1,3H3. The third-order valence-corrected chi connectivity index (χ3v) is 7.66. The average Bonchev–Trinajstić information content (AvgIpc) is 3.09. The van der Waals surface area contributed by atoms with Crippen LogP contribution < -0.4 is 4.80 Å². The smallest absolute Gasteiger partial charge is 0.279 e. The summed E-state index contributed by atoms with van der Waals surface area (Å²) in [5.74, 6) is -0.414. The number of unbranched alkanes of at least 4 members (excludes halogenated alkanes) is 1. The van der Waals surface area contributed by atoms with Crippen LogP contribution in [-0.2, 0) is 16.6 Å². The first-order valence-electron chi connectivity index (χ1n) is 9.73. The fourth-order valence-corrected chi connectivity index (χ4v) is 5.26. The van der Waals surface area contributed by atoms with Gasteiger partial charge in [0.2, 0.25) is 10.0 Å². The van der Waals surface area contributed by atoms with Crippen LogP contribution in [0.1, 0.15) is 30.1 Å². The van der Waals surface area contributed by atoms with Crippen LogP contribution in [0, 0.1) is 0 Å². The van der Waals surface area contributed by atoms with E-state index in [0.29, 0.717) is 23.5 Å². The van der Waals surface area contributed by atoms with Crippen molar-refractivity contribution in [2.75, 3.05) is 13.6 Å². The number of carbonyl (C=O) groups is 1. The molecule has 0 bridgehead atoms. The number of hydrogen-bond donors (Lipinski definition) is 0. The number of fused-ring (bicyclic) bond motifs is 1. The molecule has 6 nitrogen and oxygen atoms in total. The summed E-state index contributed by atoms with van der Waals surface area (Å²) in [6.45, 7) is 6.80. The van der Waals surface area contributed by atoms with Gasteiger partial charge in [0, 0.05) is 25.7 Å². The van der Waals surface area contributed by atoms with Crippen molar-refractivity contribution < 1.29 is 13.2 Å². The molecule has 1 amide bonds. The van der Waals surface area contributed by atoms with E-state index in [2.05, 4.69) is 11.6 Å². The van der Waals surface area contributed by atoms with Gasteiger partial charge in [-0.25, -0.2) is 12.7 Å². The van der Waals surface area contributed by atoms with Gasteiger partial charge in [-0.15, -0.1) is 6.58 Å². The fraction of sp³-hybridized carbons (Fsp3) is 0.273. The zero-order valence-corrected chi connectivity index (χ0v) is 18.7. The first kappa shape index (κ1) is 22.1. The maximum atomic E-state index is 12.7. The molecular formula is C22H25N3O3S2. The molecule has 1 aromatic heterocycles. The van der Waals surface area contributed by atoms with Crippen molar-refractivity contribution >= 4 is 37.5 Å². The van der Waals surface area contributed by atoms with Crippen molar-refractivity contribution in [2.45, 2.75) is 31.2 Å². The van der Waals surface area contributed by atoms with Gasteiger partial charge in [0.15, 0.2) is 4.80 Å². The second kappa shape index (κ2) is 9.51. The molecule has 0 unspecified atom stereocenters. The summed E-state index contributed by atoms with van der Waals surface area (Å²) in [4.78, 5) is 17.8. The largest absolute Gasteiger partial charge is 0.312 e. The highest BCUT2D eigenvalue weighted by Gasteiger charge is 2.20. The van der Waals surface area contributed by atoms with Crippen LogP contribution in [0.3, 0.4) is 0 Å². The van der Waals surface area contributed by atoms with Crippen LogP contribution in [0.15, 0.2) is 71.1 Å². The second-order valence-corrected chi connectivity index (χ2v) is 9.93. The lowest BCUT2D eigenvalue weighted by atomic mass is 10.2. The molecule has 158 valence electrons. The molecule has 0 spiro atoms. The molecule has 0 saturated heterocycles. The van der Waals surface area contributed by atoms with E-state index in [0.717, 1.165) is 23.1 Å². The Balaban J connectivity index is 1.91. The van der Waals surface area contributed by atoms with Crippen LogP contribution >= 0.6 is 11.3 Å². The molecule has 30 heavy (non-hydrogen) atoms. The van der Waals surface area contributed by atoms with Gasteiger partial charge in [-0.3, -0.25) is 4.79 Å². The molecule has 0 aliphatic heterocycles. The lowest BCUT2D eigenvalue weighted by molar-refractivity contribution is 0.0998. The predicted octanol–water partition coefficient (Wildman–Crippen LogP) is 4.05. The first-order valence-corrected chi connectivity index (χ1v) is 12.0. The Hall–Kier alpha value is -2.55. The number of carbonyl (C=O) groups excluding carboxylic acids is 1. The lowest BCUT2D eigenvalue weighted by Crippen LogP contribution is -2.27. The van der Waals surface area contributed by atoms with Crippen molar-refractivity contribution in [3.63, 3.8) is 0 Å². The van der Waals surface area contributed by atoms with Gasteiger partial charge < -0.3 is 4.57 Å². The molecule has 8 heteroatoms. The van der Waals surface area contributed by atoms with Crippen LogP contribution in [-0.4, -0.2) is 36.8 Å². The number of nitrogens with zero attached hydrogens (tertiary/aromatic N) is 3. The van der Waals surface area contributed by atoms with E-state index in [9.17, 15) is 13.2 Å². The molecule has 0 atom stereocenters. The Kier molecular flexibility index (Phi) is 7.02. The minimum atomic E-state index is -3.57. The third kappa shape index (κ3) is 4.61. The van der Waals surface area contributed by atoms with Crippen molar-refractivity contribution in [3.8, 4) is 0 Å². The molecule has 0 radical (unpaired) electrons. The number of rotatable bonds is 8. The number of benzene rings is 2. The monoisotopic (exact) mass is 443 g/mol. The SMILES string of the molecule is C=CCn1c(=NC(=O)c2ccc(S(=O)(=O)N(C)CCCC)cc2)sc2ccccc21. The van der Waals surface area contributed by atoms with E-state index in [1.165, 1.54) is 39.9 Å². The third-order valence-electron chi connectivity index (χ3n) is 4.73. The maximum Gasteiger partial charge on any atom is 0.279 e. The van der Waals surface area contributed by atoms with Gasteiger partial charge in [0.05, 0.1) is 15.1 Å². The summed E-state index contributed by atoms with van der Waals surface area (Å²) in [5.41, 5.74) is 1.33. The summed E-state index contributed by atoms with van der Waals surface area (Å²) >= 11 is 1.43. The number of amides is 1. The van der Waals surface area contributed by atoms with E-state index >= 15 is 0 Å². The summed E-state index contributed by atoms with van der Waals surface area (Å²) < 4.78 is 29.6. The quantitative estimate of drug-likeness (QED) is 0.493. The number of aromatic nitrogens is 1. The van der Waals surface area contributed by atoms with E-state index in [1.807, 2.05) is 35.8 Å². The van der Waals surface area contributed by atoms with Gasteiger partial charge >= 0.3 is 0 Å². The Bertz CT molecular complexity index is 1220. The lowest BCUT2D eigenvalue weighted by Gasteiger charge is -2.16. The van der Waals surface area contributed by atoms with E-state index in [4.69, 9.17) is 0 Å². The number of hydrogen-bond acceptors (Lipinski definition) is 4. The number of sulfonamides is 1. The number of allylic oxidation sites excluding steroid dienone is 1. The number of thiazole rings is 1. The molecule has 0 saturated carbocycles. The molecule has 0 N–H and O–H groups in total. The summed E-state index contributed by atoms with van der Waals surface area (Å²) in [5, 5.41) is 0. The van der Waals surface area contributed by atoms with Gasteiger partial charge in [0.1, 0.15) is 0 Å². The van der Waals surface area contributed by atoms with Crippen molar-refractivity contribution in [3.05, 3.63) is 71.6 Å². The molecule has 0 aliphatic rings. The van der Waals surface area contributed by atoms with E-state index in [1.54, 1.807) is 13.1 Å². The van der Waals surface area contributed by atoms with Crippen LogP contribution in [0.5, 0.6) is 0 Å². The highest BCUT2D eigenvalue weighted by atomic mass is 32.2. The normalized spacial score (nSPS) is 12.6. The summed E-state index contributed by atoms with van der Waals surface area (Å²) in [6.07, 6.45) is 3.47. The van der Waals surface area contributed by atoms with E-state index < -0.39 is 15.9 Å². The minimum Gasteiger partial charge on any atom is -0.312 e. The van der Waals surface area contributed by atoms with E-state index in [-0.39, 0.29) is 4.90 Å². The average molecular weight is 444 g/mol. The van der Waals surface area contributed by atoms with Crippen molar-refractivity contribution in [2.24, 2.45) is 4.99 Å². The topological polar surface area (TPSA) is 71.7 Å². The molecular weight excluding hydrogens is 418 g/mol. The predicted molar refractivity (Wildman–Crippen MR) is 121 cm³/mol. The highest BCUT2D eigenvalue weighted by Crippen LogP contribution is 2.18. The van der Waals surface area contributed by atoms with Crippen molar-refractivity contribution in [1.82, 2.24) is 8.87 Å².